The molecule has 1 unspecified atom stereocenters. The van der Waals surface area contributed by atoms with E-state index < -0.39 is 5.97 Å². The van der Waals surface area contributed by atoms with E-state index in [9.17, 15) is 19.2 Å². The van der Waals surface area contributed by atoms with Gasteiger partial charge in [0.05, 0.1) is 6.61 Å². The fourth-order valence-corrected chi connectivity index (χ4v) is 5.86. The summed E-state index contributed by atoms with van der Waals surface area (Å²) >= 11 is 0. The normalized spacial score (nSPS) is 27.1. The van der Waals surface area contributed by atoms with Crippen LogP contribution >= 0.6 is 0 Å². The Morgan fingerprint density at radius 3 is 2.53 bits per heavy atom. The Labute approximate surface area is 202 Å². The molecule has 4 aliphatic heterocycles. The van der Waals surface area contributed by atoms with E-state index in [-0.39, 0.29) is 48.2 Å². The van der Waals surface area contributed by atoms with Crippen LogP contribution in [0.1, 0.15) is 71.6 Å². The number of hydrogen-bond acceptors (Lipinski definition) is 6. The van der Waals surface area contributed by atoms with Gasteiger partial charge in [-0.05, 0) is 65.2 Å². The molecule has 3 fully saturated rings. The molecule has 3 atom stereocenters. The Balaban J connectivity index is 1.39. The molecule has 4 rings (SSSR count). The lowest BCUT2D eigenvalue weighted by molar-refractivity contribution is -0.149. The number of carbonyl (C=O) groups excluding carboxylic acids is 4. The zero-order valence-electron chi connectivity index (χ0n) is 20.5. The number of piperidine rings is 1. The first-order valence-corrected chi connectivity index (χ1v) is 13.0. The summed E-state index contributed by atoms with van der Waals surface area (Å²) in [5.74, 6) is -0.730. The van der Waals surface area contributed by atoms with Crippen LogP contribution in [0.25, 0.3) is 0 Å². The number of ether oxygens (including phenoxy) is 1. The molecule has 0 spiro atoms. The standard InChI is InChI=1S/C25H38N4O5/c1-3-34-25(33)19-17-27(21-11-6-9-18(2)29(21)23(19)31)15-8-12-22(30)28-16-7-10-20(28)24(32)26-13-4-5-14-26/h17-18,20-21H,3-16H2,1-2H3/t18-,20-,21?/m0/s1. The second kappa shape index (κ2) is 10.8. The highest BCUT2D eigenvalue weighted by molar-refractivity contribution is 6.16. The van der Waals surface area contributed by atoms with E-state index in [2.05, 4.69) is 0 Å². The third-order valence-electron chi connectivity index (χ3n) is 7.60. The van der Waals surface area contributed by atoms with Crippen molar-refractivity contribution >= 4 is 23.7 Å². The van der Waals surface area contributed by atoms with Crippen molar-refractivity contribution in [2.75, 3.05) is 32.8 Å². The molecule has 0 aromatic carbocycles. The molecule has 4 aliphatic rings. The third-order valence-corrected chi connectivity index (χ3v) is 7.60. The van der Waals surface area contributed by atoms with E-state index >= 15 is 0 Å². The average Bonchev–Trinajstić information content (AvgIpc) is 3.53. The number of fused-ring (bicyclic) bond motifs is 1. The molecule has 9 nitrogen and oxygen atoms in total. The second-order valence-corrected chi connectivity index (χ2v) is 9.86. The van der Waals surface area contributed by atoms with Gasteiger partial charge in [0.15, 0.2) is 0 Å². The minimum absolute atomic E-state index is 0.0200. The van der Waals surface area contributed by atoms with Crippen LogP contribution in [0.15, 0.2) is 11.8 Å². The van der Waals surface area contributed by atoms with Crippen LogP contribution in [-0.2, 0) is 23.9 Å². The topological polar surface area (TPSA) is 90.5 Å². The summed E-state index contributed by atoms with van der Waals surface area (Å²) in [4.78, 5) is 58.9. The molecule has 0 aromatic heterocycles. The molecule has 0 bridgehead atoms. The molecule has 188 valence electrons. The van der Waals surface area contributed by atoms with Crippen molar-refractivity contribution < 1.29 is 23.9 Å². The highest BCUT2D eigenvalue weighted by Gasteiger charge is 2.42. The third kappa shape index (κ3) is 4.93. The van der Waals surface area contributed by atoms with Crippen LogP contribution < -0.4 is 0 Å². The molecule has 9 heteroatoms. The van der Waals surface area contributed by atoms with Crippen LogP contribution in [0, 0.1) is 0 Å². The molecule has 0 aliphatic carbocycles. The summed E-state index contributed by atoms with van der Waals surface area (Å²) in [6.45, 7) is 6.76. The summed E-state index contributed by atoms with van der Waals surface area (Å²) in [7, 11) is 0. The van der Waals surface area contributed by atoms with Gasteiger partial charge in [0, 0.05) is 44.8 Å². The van der Waals surface area contributed by atoms with Crippen molar-refractivity contribution in [2.45, 2.75) is 89.9 Å². The molecule has 0 radical (unpaired) electrons. The van der Waals surface area contributed by atoms with E-state index in [0.717, 1.165) is 58.0 Å². The first kappa shape index (κ1) is 24.5. The van der Waals surface area contributed by atoms with Crippen LogP contribution in [0.3, 0.4) is 0 Å². The smallest absolute Gasteiger partial charge is 0.345 e. The van der Waals surface area contributed by atoms with Gasteiger partial charge in [-0.15, -0.1) is 0 Å². The van der Waals surface area contributed by atoms with Gasteiger partial charge in [0.2, 0.25) is 11.8 Å². The number of likely N-dealkylation sites (tertiary alicyclic amines) is 2. The predicted molar refractivity (Wildman–Crippen MR) is 125 cm³/mol. The molecule has 34 heavy (non-hydrogen) atoms. The SMILES string of the molecule is CCOC(=O)C1=CN(CCCC(=O)N2CCC[C@H]2C(=O)N2CCCC2)C2CCC[C@H](C)N2C1=O. The number of esters is 1. The Hall–Kier alpha value is -2.58. The van der Waals surface area contributed by atoms with E-state index in [0.29, 0.717) is 25.9 Å². The minimum Gasteiger partial charge on any atom is -0.462 e. The Morgan fingerprint density at radius 2 is 1.79 bits per heavy atom. The van der Waals surface area contributed by atoms with Crippen LogP contribution in [0.4, 0.5) is 0 Å². The van der Waals surface area contributed by atoms with Crippen molar-refractivity contribution in [3.63, 3.8) is 0 Å². The van der Waals surface area contributed by atoms with Crippen molar-refractivity contribution in [3.05, 3.63) is 11.8 Å². The summed E-state index contributed by atoms with van der Waals surface area (Å²) in [5, 5.41) is 0. The average molecular weight is 475 g/mol. The van der Waals surface area contributed by atoms with Gasteiger partial charge in [0.25, 0.3) is 5.91 Å². The Morgan fingerprint density at radius 1 is 1.03 bits per heavy atom. The van der Waals surface area contributed by atoms with Gasteiger partial charge in [-0.2, -0.15) is 0 Å². The van der Waals surface area contributed by atoms with Crippen molar-refractivity contribution in [2.24, 2.45) is 0 Å². The van der Waals surface area contributed by atoms with Gasteiger partial charge in [-0.25, -0.2) is 4.79 Å². The van der Waals surface area contributed by atoms with E-state index in [1.807, 2.05) is 21.6 Å². The first-order valence-electron chi connectivity index (χ1n) is 13.0. The quantitative estimate of drug-likeness (QED) is 0.413. The number of carbonyl (C=O) groups is 4. The highest BCUT2D eigenvalue weighted by Crippen LogP contribution is 2.32. The van der Waals surface area contributed by atoms with Gasteiger partial charge in [0.1, 0.15) is 17.8 Å². The molecule has 4 heterocycles. The monoisotopic (exact) mass is 474 g/mol. The van der Waals surface area contributed by atoms with Crippen LogP contribution in [0.2, 0.25) is 0 Å². The fraction of sp³-hybridized carbons (Fsp3) is 0.760. The lowest BCUT2D eigenvalue weighted by Crippen LogP contribution is -2.59. The van der Waals surface area contributed by atoms with Crippen molar-refractivity contribution in [1.29, 1.82) is 0 Å². The summed E-state index contributed by atoms with van der Waals surface area (Å²) in [5.41, 5.74) is 0.0639. The molecule has 3 amide bonds. The predicted octanol–water partition coefficient (Wildman–Crippen LogP) is 1.87. The maximum atomic E-state index is 13.0. The zero-order valence-corrected chi connectivity index (χ0v) is 20.5. The highest BCUT2D eigenvalue weighted by atomic mass is 16.5. The van der Waals surface area contributed by atoms with Crippen molar-refractivity contribution in [3.8, 4) is 0 Å². The lowest BCUT2D eigenvalue weighted by Gasteiger charge is -2.48. The number of hydrogen-bond donors (Lipinski definition) is 0. The summed E-state index contributed by atoms with van der Waals surface area (Å²) in [6.07, 6.45) is 8.95. The van der Waals surface area contributed by atoms with Gasteiger partial charge >= 0.3 is 5.97 Å². The van der Waals surface area contributed by atoms with E-state index in [1.165, 1.54) is 0 Å². The maximum absolute atomic E-state index is 13.0. The fourth-order valence-electron chi connectivity index (χ4n) is 5.86. The van der Waals surface area contributed by atoms with E-state index in [4.69, 9.17) is 4.74 Å². The number of rotatable bonds is 7. The van der Waals surface area contributed by atoms with Gasteiger partial charge < -0.3 is 24.3 Å². The molecule has 0 N–H and O–H groups in total. The Kier molecular flexibility index (Phi) is 7.78. The molecule has 0 aromatic rings. The lowest BCUT2D eigenvalue weighted by atomic mass is 9.96. The molecular formula is C25H38N4O5. The molecule has 0 saturated carbocycles. The molecular weight excluding hydrogens is 436 g/mol. The second-order valence-electron chi connectivity index (χ2n) is 9.86. The molecule has 3 saturated heterocycles. The number of amides is 3. The van der Waals surface area contributed by atoms with Crippen LogP contribution in [-0.4, -0.2) is 94.3 Å². The van der Waals surface area contributed by atoms with Crippen LogP contribution in [0.5, 0.6) is 0 Å². The Bertz CT molecular complexity index is 837. The van der Waals surface area contributed by atoms with E-state index in [1.54, 1.807) is 18.0 Å². The first-order chi connectivity index (χ1) is 16.4. The number of nitrogens with zero attached hydrogens (tertiary/aromatic N) is 4. The summed E-state index contributed by atoms with van der Waals surface area (Å²) < 4.78 is 5.12. The van der Waals surface area contributed by atoms with Crippen molar-refractivity contribution in [1.82, 2.24) is 19.6 Å². The van der Waals surface area contributed by atoms with Gasteiger partial charge in [-0.1, -0.05) is 0 Å². The maximum Gasteiger partial charge on any atom is 0.345 e. The van der Waals surface area contributed by atoms with Gasteiger partial charge in [-0.3, -0.25) is 14.4 Å². The zero-order chi connectivity index (χ0) is 24.2. The minimum atomic E-state index is -0.592. The largest absolute Gasteiger partial charge is 0.462 e. The summed E-state index contributed by atoms with van der Waals surface area (Å²) in [6, 6.07) is -0.265.